The van der Waals surface area contributed by atoms with Gasteiger partial charge < -0.3 is 14.4 Å². The number of fused-ring (bicyclic) bond motifs is 1. The second kappa shape index (κ2) is 6.61. The third kappa shape index (κ3) is 3.28. The molecule has 0 radical (unpaired) electrons. The summed E-state index contributed by atoms with van der Waals surface area (Å²) in [4.78, 5) is 14.7. The van der Waals surface area contributed by atoms with Crippen molar-refractivity contribution in [2.24, 2.45) is 13.0 Å². The lowest BCUT2D eigenvalue weighted by atomic mass is 9.98. The average Bonchev–Trinajstić information content (AvgIpc) is 2.84. The summed E-state index contributed by atoms with van der Waals surface area (Å²) in [6, 6.07) is 0. The van der Waals surface area contributed by atoms with Crippen molar-refractivity contribution in [1.82, 2.24) is 14.7 Å². The van der Waals surface area contributed by atoms with Crippen LogP contribution in [0.3, 0.4) is 0 Å². The van der Waals surface area contributed by atoms with E-state index in [1.807, 2.05) is 32.8 Å². The number of carbonyl (C=O) groups excluding carboxylic acids is 1. The summed E-state index contributed by atoms with van der Waals surface area (Å²) in [5.74, 6) is 0.549. The van der Waals surface area contributed by atoms with E-state index in [1.165, 1.54) is 0 Å². The molecule has 6 nitrogen and oxygen atoms in total. The molecule has 1 saturated heterocycles. The lowest BCUT2D eigenvalue weighted by Crippen LogP contribution is -2.35. The first-order valence-corrected chi connectivity index (χ1v) is 8.51. The Bertz CT molecular complexity index is 578. The van der Waals surface area contributed by atoms with Crippen LogP contribution in [0.15, 0.2) is 0 Å². The maximum absolute atomic E-state index is 12.9. The first-order chi connectivity index (χ1) is 11.0. The minimum Gasteiger partial charge on any atom is -0.381 e. The number of aryl methyl sites for hydroxylation is 1. The molecule has 2 aliphatic rings. The highest BCUT2D eigenvalue weighted by Gasteiger charge is 2.32. The van der Waals surface area contributed by atoms with Crippen molar-refractivity contribution in [2.75, 3.05) is 26.8 Å². The van der Waals surface area contributed by atoms with E-state index in [-0.39, 0.29) is 18.1 Å². The van der Waals surface area contributed by atoms with E-state index in [0.717, 1.165) is 50.3 Å². The lowest BCUT2D eigenvalue weighted by molar-refractivity contribution is -0.00907. The molecule has 1 aromatic rings. The van der Waals surface area contributed by atoms with Gasteiger partial charge >= 0.3 is 0 Å². The Balaban J connectivity index is 1.78. The molecule has 1 aromatic heterocycles. The number of nitrogens with zero attached hydrogens (tertiary/aromatic N) is 3. The highest BCUT2D eigenvalue weighted by atomic mass is 16.5. The molecule has 0 spiro atoms. The quantitative estimate of drug-likeness (QED) is 0.854. The molecule has 0 N–H and O–H groups in total. The second-order valence-corrected chi connectivity index (χ2v) is 6.87. The van der Waals surface area contributed by atoms with Gasteiger partial charge in [0, 0.05) is 45.8 Å². The number of carbonyl (C=O) groups is 1. The van der Waals surface area contributed by atoms with Gasteiger partial charge in [0.15, 0.2) is 5.69 Å². The number of amides is 1. The lowest BCUT2D eigenvalue weighted by Gasteiger charge is -2.28. The summed E-state index contributed by atoms with van der Waals surface area (Å²) in [6.45, 7) is 6.45. The fourth-order valence-electron chi connectivity index (χ4n) is 3.79. The number of aromatic nitrogens is 2. The summed E-state index contributed by atoms with van der Waals surface area (Å²) in [5.41, 5.74) is 2.69. The molecule has 3 rings (SSSR count). The fraction of sp³-hybridized carbons (Fsp3) is 0.765. The molecule has 1 fully saturated rings. The molecule has 0 unspecified atom stereocenters. The van der Waals surface area contributed by atoms with Crippen LogP contribution in [0.25, 0.3) is 0 Å². The first-order valence-electron chi connectivity index (χ1n) is 8.51. The van der Waals surface area contributed by atoms with E-state index < -0.39 is 0 Å². The Morgan fingerprint density at radius 3 is 2.74 bits per heavy atom. The van der Waals surface area contributed by atoms with Crippen LogP contribution in [0.5, 0.6) is 0 Å². The minimum absolute atomic E-state index is 0.0198. The van der Waals surface area contributed by atoms with Gasteiger partial charge in [-0.05, 0) is 32.6 Å². The largest absolute Gasteiger partial charge is 0.381 e. The van der Waals surface area contributed by atoms with Gasteiger partial charge in [0.25, 0.3) is 5.91 Å². The highest BCUT2D eigenvalue weighted by Crippen LogP contribution is 2.32. The molecular weight excluding hydrogens is 294 g/mol. The molecule has 1 amide bonds. The average molecular weight is 321 g/mol. The van der Waals surface area contributed by atoms with Crippen LogP contribution in [-0.2, 0) is 22.9 Å². The Labute approximate surface area is 137 Å². The number of rotatable bonds is 3. The Kier molecular flexibility index (Phi) is 4.73. The first kappa shape index (κ1) is 16.5. The molecule has 0 aromatic carbocycles. The van der Waals surface area contributed by atoms with Gasteiger partial charge in [-0.15, -0.1) is 0 Å². The highest BCUT2D eigenvalue weighted by molar-refractivity contribution is 5.94. The van der Waals surface area contributed by atoms with E-state index in [0.29, 0.717) is 11.6 Å². The van der Waals surface area contributed by atoms with Crippen molar-refractivity contribution in [3.63, 3.8) is 0 Å². The zero-order valence-electron chi connectivity index (χ0n) is 14.5. The monoisotopic (exact) mass is 321 g/mol. The van der Waals surface area contributed by atoms with E-state index >= 15 is 0 Å². The maximum atomic E-state index is 12.9. The summed E-state index contributed by atoms with van der Waals surface area (Å²) in [5, 5.41) is 4.51. The summed E-state index contributed by atoms with van der Waals surface area (Å²) >= 11 is 0. The van der Waals surface area contributed by atoms with E-state index in [9.17, 15) is 4.79 Å². The molecular formula is C17H27N3O3. The standard InChI is InChI=1S/C17H27N3O3/c1-11-9-14-15(18-20(4)16(14)12(2)23-11)17(21)19(3)10-13-5-7-22-8-6-13/h11-13H,5-10H2,1-4H3/t11-,12+/m1/s1. The molecule has 2 atom stereocenters. The smallest absolute Gasteiger partial charge is 0.274 e. The summed E-state index contributed by atoms with van der Waals surface area (Å²) in [7, 11) is 3.77. The van der Waals surface area contributed by atoms with Gasteiger partial charge in [0.1, 0.15) is 0 Å². The van der Waals surface area contributed by atoms with Crippen molar-refractivity contribution in [3.8, 4) is 0 Å². The van der Waals surface area contributed by atoms with E-state index in [2.05, 4.69) is 5.10 Å². The molecule has 128 valence electrons. The zero-order chi connectivity index (χ0) is 16.6. The topological polar surface area (TPSA) is 56.6 Å². The van der Waals surface area contributed by atoms with Crippen LogP contribution in [0.4, 0.5) is 0 Å². The minimum atomic E-state index is -0.0198. The van der Waals surface area contributed by atoms with Crippen LogP contribution in [-0.4, -0.2) is 53.5 Å². The van der Waals surface area contributed by atoms with Crippen molar-refractivity contribution in [3.05, 3.63) is 17.0 Å². The van der Waals surface area contributed by atoms with Gasteiger partial charge in [0.05, 0.1) is 17.9 Å². The number of hydrogen-bond donors (Lipinski definition) is 0. The van der Waals surface area contributed by atoms with Gasteiger partial charge in [-0.25, -0.2) is 0 Å². The SMILES string of the molecule is C[C@@H]1Cc2c(C(=O)N(C)CC3CCOCC3)nn(C)c2[C@H](C)O1. The predicted octanol–water partition coefficient (Wildman–Crippen LogP) is 1.94. The van der Waals surface area contributed by atoms with Crippen LogP contribution in [0.2, 0.25) is 0 Å². The summed E-state index contributed by atoms with van der Waals surface area (Å²) in [6.07, 6.45) is 2.90. The maximum Gasteiger partial charge on any atom is 0.274 e. The van der Waals surface area contributed by atoms with Crippen LogP contribution in [0.1, 0.15) is 54.5 Å². The number of ether oxygens (including phenoxy) is 2. The third-order valence-electron chi connectivity index (χ3n) is 4.93. The van der Waals surface area contributed by atoms with Crippen molar-refractivity contribution in [2.45, 2.75) is 45.3 Å². The Morgan fingerprint density at radius 1 is 1.35 bits per heavy atom. The Morgan fingerprint density at radius 2 is 2.04 bits per heavy atom. The Hall–Kier alpha value is -1.40. The molecule has 2 aliphatic heterocycles. The third-order valence-corrected chi connectivity index (χ3v) is 4.93. The molecule has 0 aliphatic carbocycles. The van der Waals surface area contributed by atoms with Crippen molar-refractivity contribution >= 4 is 5.91 Å². The van der Waals surface area contributed by atoms with Gasteiger partial charge in [-0.1, -0.05) is 0 Å². The fourth-order valence-corrected chi connectivity index (χ4v) is 3.79. The van der Waals surface area contributed by atoms with Crippen LogP contribution in [0, 0.1) is 5.92 Å². The van der Waals surface area contributed by atoms with Gasteiger partial charge in [-0.2, -0.15) is 5.10 Å². The van der Waals surface area contributed by atoms with Crippen molar-refractivity contribution in [1.29, 1.82) is 0 Å². The van der Waals surface area contributed by atoms with E-state index in [1.54, 1.807) is 4.68 Å². The van der Waals surface area contributed by atoms with Gasteiger partial charge in [0.2, 0.25) is 0 Å². The molecule has 0 saturated carbocycles. The number of hydrogen-bond acceptors (Lipinski definition) is 4. The molecule has 0 bridgehead atoms. The normalized spacial score (nSPS) is 25.2. The van der Waals surface area contributed by atoms with Crippen LogP contribution < -0.4 is 0 Å². The summed E-state index contributed by atoms with van der Waals surface area (Å²) < 4.78 is 13.1. The van der Waals surface area contributed by atoms with E-state index in [4.69, 9.17) is 9.47 Å². The van der Waals surface area contributed by atoms with Crippen molar-refractivity contribution < 1.29 is 14.3 Å². The predicted molar refractivity (Wildman–Crippen MR) is 86.4 cm³/mol. The molecule has 3 heterocycles. The van der Waals surface area contributed by atoms with Crippen LogP contribution >= 0.6 is 0 Å². The zero-order valence-corrected chi connectivity index (χ0v) is 14.5. The van der Waals surface area contributed by atoms with Gasteiger partial charge in [-0.3, -0.25) is 9.48 Å². The second-order valence-electron chi connectivity index (χ2n) is 6.87. The molecule has 23 heavy (non-hydrogen) atoms. The molecule has 6 heteroatoms.